The summed E-state index contributed by atoms with van der Waals surface area (Å²) >= 11 is 6.04. The predicted molar refractivity (Wildman–Crippen MR) is 101 cm³/mol. The molecule has 1 fully saturated rings. The monoisotopic (exact) mass is 426 g/mol. The summed E-state index contributed by atoms with van der Waals surface area (Å²) in [6.45, 7) is 0.00953. The van der Waals surface area contributed by atoms with Crippen molar-refractivity contribution >= 4 is 27.3 Å². The predicted octanol–water partition coefficient (Wildman–Crippen LogP) is 1.50. The molecule has 2 aromatic carbocycles. The summed E-state index contributed by atoms with van der Waals surface area (Å²) in [6, 6.07) is 12.4. The van der Waals surface area contributed by atoms with E-state index in [9.17, 15) is 18.3 Å². The highest BCUT2D eigenvalue weighted by Gasteiger charge is 2.52. The number of hydrogen-bond donors (Lipinski definition) is 4. The first-order chi connectivity index (χ1) is 13.3. The number of β-amino-alcohol motifs (C(OH)–C–C–N with tert-alkyl or cyclic N) is 1. The van der Waals surface area contributed by atoms with Crippen LogP contribution >= 0.6 is 11.6 Å². The van der Waals surface area contributed by atoms with Gasteiger partial charge in [0.1, 0.15) is 16.7 Å². The molecular formula is C18H19ClN2O6S. The molecule has 2 aromatic rings. The van der Waals surface area contributed by atoms with Gasteiger partial charge in [0.15, 0.2) is 15.4 Å². The van der Waals surface area contributed by atoms with Crippen molar-refractivity contribution in [3.05, 3.63) is 53.6 Å². The fraction of sp³-hybridized carbons (Fsp3) is 0.278. The van der Waals surface area contributed by atoms with Crippen LogP contribution in [0.1, 0.15) is 6.42 Å². The van der Waals surface area contributed by atoms with Crippen molar-refractivity contribution in [1.29, 1.82) is 0 Å². The van der Waals surface area contributed by atoms with Crippen molar-refractivity contribution in [2.75, 3.05) is 13.1 Å². The van der Waals surface area contributed by atoms with E-state index in [2.05, 4.69) is 5.32 Å². The van der Waals surface area contributed by atoms with E-state index in [1.165, 1.54) is 29.7 Å². The molecule has 28 heavy (non-hydrogen) atoms. The van der Waals surface area contributed by atoms with Crippen molar-refractivity contribution in [1.82, 2.24) is 10.8 Å². The number of piperidine rings is 1. The van der Waals surface area contributed by atoms with E-state index >= 15 is 0 Å². The van der Waals surface area contributed by atoms with Gasteiger partial charge < -0.3 is 15.2 Å². The average molecular weight is 427 g/mol. The Morgan fingerprint density at radius 2 is 1.89 bits per heavy atom. The molecule has 2 unspecified atom stereocenters. The zero-order chi connectivity index (χ0) is 20.4. The van der Waals surface area contributed by atoms with Gasteiger partial charge in [-0.1, -0.05) is 23.7 Å². The quantitative estimate of drug-likeness (QED) is 0.421. The molecule has 4 N–H and O–H groups in total. The highest BCUT2D eigenvalue weighted by Crippen LogP contribution is 2.32. The van der Waals surface area contributed by atoms with Gasteiger partial charge in [-0.05, 0) is 49.4 Å². The van der Waals surface area contributed by atoms with Gasteiger partial charge in [-0.15, -0.1) is 0 Å². The van der Waals surface area contributed by atoms with Gasteiger partial charge >= 0.3 is 0 Å². The number of sulfone groups is 1. The number of carbonyl (C=O) groups is 1. The van der Waals surface area contributed by atoms with Crippen molar-refractivity contribution < 1.29 is 28.3 Å². The number of ether oxygens (including phenoxy) is 1. The zero-order valence-electron chi connectivity index (χ0n) is 14.6. The maximum Gasteiger partial charge on any atom is 0.277 e. The second kappa shape index (κ2) is 8.06. The second-order valence-electron chi connectivity index (χ2n) is 6.37. The third-order valence-electron chi connectivity index (χ3n) is 4.60. The molecule has 0 aromatic heterocycles. The third-order valence-corrected chi connectivity index (χ3v) is 7.21. The molecule has 8 nitrogen and oxygen atoms in total. The molecule has 2 atom stereocenters. The lowest BCUT2D eigenvalue weighted by atomic mass is 9.93. The first kappa shape index (κ1) is 20.6. The first-order valence-electron chi connectivity index (χ1n) is 8.43. The Balaban J connectivity index is 1.87. The number of para-hydroxylation sites is 1. The Morgan fingerprint density at radius 1 is 1.21 bits per heavy atom. The number of benzene rings is 2. The van der Waals surface area contributed by atoms with Gasteiger partial charge in [-0.3, -0.25) is 10.0 Å². The lowest BCUT2D eigenvalue weighted by Crippen LogP contribution is -2.65. The van der Waals surface area contributed by atoms with Crippen LogP contribution in [0.2, 0.25) is 5.02 Å². The smallest absolute Gasteiger partial charge is 0.277 e. The van der Waals surface area contributed by atoms with Gasteiger partial charge in [0, 0.05) is 6.54 Å². The van der Waals surface area contributed by atoms with Crippen LogP contribution in [0.5, 0.6) is 11.5 Å². The maximum atomic E-state index is 13.0. The van der Waals surface area contributed by atoms with Crippen LogP contribution in [0.4, 0.5) is 0 Å². The van der Waals surface area contributed by atoms with E-state index in [1.54, 1.807) is 24.3 Å². The molecule has 1 amide bonds. The molecule has 3 rings (SSSR count). The Kier molecular flexibility index (Phi) is 5.92. The largest absolute Gasteiger partial charge is 0.456 e. The molecule has 0 spiro atoms. The summed E-state index contributed by atoms with van der Waals surface area (Å²) < 4.78 is 31.7. The minimum atomic E-state index is -4.07. The van der Waals surface area contributed by atoms with E-state index in [4.69, 9.17) is 21.5 Å². The summed E-state index contributed by atoms with van der Waals surface area (Å²) in [6.07, 6.45) is 0.00410. The molecule has 1 heterocycles. The molecule has 1 aliphatic heterocycles. The summed E-state index contributed by atoms with van der Waals surface area (Å²) in [7, 11) is -4.07. The van der Waals surface area contributed by atoms with Crippen LogP contribution in [-0.2, 0) is 14.6 Å². The van der Waals surface area contributed by atoms with Crippen molar-refractivity contribution in [3.8, 4) is 11.5 Å². The molecular weight excluding hydrogens is 408 g/mol. The van der Waals surface area contributed by atoms with Crippen LogP contribution in [0.25, 0.3) is 0 Å². The Bertz CT molecular complexity index is 966. The van der Waals surface area contributed by atoms with Crippen LogP contribution in [0, 0.1) is 0 Å². The summed E-state index contributed by atoms with van der Waals surface area (Å²) in [5, 5.41) is 21.3. The number of nitrogens with one attached hydrogen (secondary N) is 2. The summed E-state index contributed by atoms with van der Waals surface area (Å²) in [5.41, 5.74) is -0.949. The van der Waals surface area contributed by atoms with Crippen molar-refractivity contribution in [2.24, 2.45) is 0 Å². The van der Waals surface area contributed by atoms with E-state index in [0.29, 0.717) is 23.1 Å². The number of hydrogen-bond acceptors (Lipinski definition) is 7. The highest BCUT2D eigenvalue weighted by atomic mass is 35.5. The molecule has 0 saturated carbocycles. The molecule has 1 aliphatic rings. The minimum absolute atomic E-state index is 0.00410. The summed E-state index contributed by atoms with van der Waals surface area (Å²) in [4.78, 5) is 11.8. The third kappa shape index (κ3) is 3.85. The number of halogens is 1. The van der Waals surface area contributed by atoms with Gasteiger partial charge in [0.05, 0.1) is 9.92 Å². The van der Waals surface area contributed by atoms with Crippen LogP contribution in [0.15, 0.2) is 53.4 Å². The van der Waals surface area contributed by atoms with E-state index in [1.807, 2.05) is 0 Å². The average Bonchev–Trinajstić information content (AvgIpc) is 2.69. The fourth-order valence-electron chi connectivity index (χ4n) is 3.12. The van der Waals surface area contributed by atoms with Gasteiger partial charge in [-0.25, -0.2) is 13.9 Å². The number of hydroxylamine groups is 1. The lowest BCUT2D eigenvalue weighted by Gasteiger charge is -2.37. The SMILES string of the molecule is O=C(NO)C1(O)CNCCC1S(=O)(=O)c1ccc(Oc2ccccc2Cl)cc1. The highest BCUT2D eigenvalue weighted by molar-refractivity contribution is 7.92. The van der Waals surface area contributed by atoms with Gasteiger partial charge in [-0.2, -0.15) is 0 Å². The van der Waals surface area contributed by atoms with Crippen LogP contribution < -0.4 is 15.5 Å². The van der Waals surface area contributed by atoms with Crippen LogP contribution in [-0.4, -0.2) is 48.6 Å². The fourth-order valence-corrected chi connectivity index (χ4v) is 5.27. The normalized spacial score (nSPS) is 22.5. The second-order valence-corrected chi connectivity index (χ2v) is 8.91. The van der Waals surface area contributed by atoms with E-state index in [0.717, 1.165) is 0 Å². The van der Waals surface area contributed by atoms with Crippen molar-refractivity contribution in [2.45, 2.75) is 22.2 Å². The molecule has 0 aliphatic carbocycles. The summed E-state index contributed by atoms with van der Waals surface area (Å²) in [5.74, 6) is -0.375. The molecule has 0 radical (unpaired) electrons. The zero-order valence-corrected chi connectivity index (χ0v) is 16.2. The number of carbonyl (C=O) groups excluding carboxylic acids is 1. The Hall–Kier alpha value is -2.17. The number of rotatable bonds is 5. The topological polar surface area (TPSA) is 125 Å². The molecule has 150 valence electrons. The number of aliphatic hydroxyl groups is 1. The van der Waals surface area contributed by atoms with Crippen molar-refractivity contribution in [3.63, 3.8) is 0 Å². The standard InChI is InChI=1S/C18H19ClN2O6S/c19-14-3-1-2-4-15(14)27-12-5-7-13(8-6-12)28(25,26)16-9-10-20-11-18(16,23)17(22)21-24/h1-8,16,20,23-24H,9-11H2,(H,21,22). The maximum absolute atomic E-state index is 13.0. The molecule has 10 heteroatoms. The number of amides is 1. The van der Waals surface area contributed by atoms with Gasteiger partial charge in [0.25, 0.3) is 5.91 Å². The van der Waals surface area contributed by atoms with Crippen LogP contribution in [0.3, 0.4) is 0 Å². The van der Waals surface area contributed by atoms with E-state index in [-0.39, 0.29) is 17.9 Å². The molecule has 0 bridgehead atoms. The lowest BCUT2D eigenvalue weighted by molar-refractivity contribution is -0.149. The van der Waals surface area contributed by atoms with E-state index < -0.39 is 26.6 Å². The van der Waals surface area contributed by atoms with Gasteiger partial charge in [0.2, 0.25) is 0 Å². The molecule has 1 saturated heterocycles. The Morgan fingerprint density at radius 3 is 2.54 bits per heavy atom. The minimum Gasteiger partial charge on any atom is -0.456 e. The Labute approximate surface area is 167 Å². The first-order valence-corrected chi connectivity index (χ1v) is 10.4.